The van der Waals surface area contributed by atoms with Gasteiger partial charge in [-0.1, -0.05) is 24.3 Å². The van der Waals surface area contributed by atoms with Crippen molar-refractivity contribution in [3.63, 3.8) is 0 Å². The van der Waals surface area contributed by atoms with Gasteiger partial charge in [-0.15, -0.1) is 0 Å². The van der Waals surface area contributed by atoms with Crippen molar-refractivity contribution in [3.8, 4) is 11.5 Å². The molecule has 0 bridgehead atoms. The molecule has 3 rings (SSSR count). The van der Waals surface area contributed by atoms with Crippen molar-refractivity contribution >= 4 is 17.6 Å². The van der Waals surface area contributed by atoms with Crippen LogP contribution in [0.3, 0.4) is 0 Å². The number of esters is 2. The summed E-state index contributed by atoms with van der Waals surface area (Å²) in [5, 5.41) is 28.7. The molecule has 0 saturated heterocycles. The Kier molecular flexibility index (Phi) is 12.1. The molecule has 1 heterocycles. The molecule has 0 radical (unpaired) electrons. The third kappa shape index (κ3) is 9.03. The van der Waals surface area contributed by atoms with Gasteiger partial charge in [0.2, 0.25) is 0 Å². The molecular formula is C32H42N4O9. The number of nitro benzene ring substituents is 1. The zero-order chi connectivity index (χ0) is 33.3. The van der Waals surface area contributed by atoms with Crippen LogP contribution in [0.25, 0.3) is 0 Å². The largest absolute Gasteiger partial charge is 0.493 e. The molecule has 0 aliphatic carbocycles. The minimum Gasteiger partial charge on any atom is -0.493 e. The quantitative estimate of drug-likeness (QED) is 0.151. The Morgan fingerprint density at radius 3 is 2.33 bits per heavy atom. The first-order valence-corrected chi connectivity index (χ1v) is 14.3. The standard InChI is InChI=1S/C32H42N4O9/c1-20-27(30(38)43-6)28(21-11-10-12-22(15-21)36(40)41)29(31(39)44-7)24(34-20)17-35(4)19-32(2,3)33-16-23(37)18-45-26-14-9-8-13-25(26)42-5/h8-15,23,28,33-34,37H,16-19H2,1-7H3. The van der Waals surface area contributed by atoms with E-state index >= 15 is 0 Å². The van der Waals surface area contributed by atoms with Gasteiger partial charge < -0.3 is 34.7 Å². The third-order valence-corrected chi connectivity index (χ3v) is 7.28. The number of benzene rings is 2. The predicted molar refractivity (Wildman–Crippen MR) is 167 cm³/mol. The number of methoxy groups -OCH3 is 3. The van der Waals surface area contributed by atoms with Gasteiger partial charge in [0, 0.05) is 48.7 Å². The van der Waals surface area contributed by atoms with Gasteiger partial charge in [0.1, 0.15) is 12.7 Å². The molecule has 0 aromatic heterocycles. The number of hydrogen-bond acceptors (Lipinski definition) is 12. The summed E-state index contributed by atoms with van der Waals surface area (Å²) < 4.78 is 21.2. The Morgan fingerprint density at radius 1 is 1.07 bits per heavy atom. The molecular weight excluding hydrogens is 584 g/mol. The number of nitrogens with zero attached hydrogens (tertiary/aromatic N) is 2. The number of nitro groups is 1. The number of aliphatic hydroxyl groups is 1. The fraction of sp³-hybridized carbons (Fsp3) is 0.438. The number of nitrogens with one attached hydrogen (secondary N) is 2. The Labute approximate surface area is 262 Å². The molecule has 1 aliphatic rings. The lowest BCUT2D eigenvalue weighted by atomic mass is 9.80. The number of para-hydroxylation sites is 2. The highest BCUT2D eigenvalue weighted by atomic mass is 16.6. The number of carbonyl (C=O) groups excluding carboxylic acids is 2. The molecule has 13 nitrogen and oxygen atoms in total. The van der Waals surface area contributed by atoms with E-state index in [0.717, 1.165) is 0 Å². The van der Waals surface area contributed by atoms with Gasteiger partial charge >= 0.3 is 11.9 Å². The molecule has 0 fully saturated rings. The molecule has 0 amide bonds. The lowest BCUT2D eigenvalue weighted by Gasteiger charge is -2.35. The van der Waals surface area contributed by atoms with Gasteiger partial charge in [-0.3, -0.25) is 15.0 Å². The SMILES string of the molecule is COC(=O)C1=C(C)NC(CN(C)CC(C)(C)NCC(O)COc2ccccc2OC)=C(C(=O)OC)C1c1cccc([N+](=O)[O-])c1. The number of aliphatic hydroxyl groups excluding tert-OH is 1. The van der Waals surface area contributed by atoms with Crippen LogP contribution in [0, 0.1) is 10.1 Å². The maximum Gasteiger partial charge on any atom is 0.336 e. The molecule has 2 aromatic rings. The molecule has 45 heavy (non-hydrogen) atoms. The van der Waals surface area contributed by atoms with E-state index in [9.17, 15) is 24.8 Å². The second-order valence-corrected chi connectivity index (χ2v) is 11.4. The second kappa shape index (κ2) is 15.5. The molecule has 0 saturated carbocycles. The van der Waals surface area contributed by atoms with Crippen molar-refractivity contribution in [3.05, 3.63) is 86.7 Å². The molecule has 1 aliphatic heterocycles. The smallest absolute Gasteiger partial charge is 0.336 e. The Hall–Kier alpha value is -4.46. The highest BCUT2D eigenvalue weighted by molar-refractivity contribution is 6.00. The summed E-state index contributed by atoms with van der Waals surface area (Å²) in [5.41, 5.74) is 0.928. The summed E-state index contributed by atoms with van der Waals surface area (Å²) in [5.74, 6) is -1.22. The van der Waals surface area contributed by atoms with Crippen LogP contribution in [0.4, 0.5) is 5.69 Å². The highest BCUT2D eigenvalue weighted by Crippen LogP contribution is 2.40. The normalized spacial score (nSPS) is 15.8. The van der Waals surface area contributed by atoms with E-state index in [0.29, 0.717) is 35.0 Å². The van der Waals surface area contributed by atoms with Crippen LogP contribution in [0.2, 0.25) is 0 Å². The number of likely N-dealkylation sites (N-methyl/N-ethyl adjacent to an activating group) is 1. The van der Waals surface area contributed by atoms with Crippen LogP contribution >= 0.6 is 0 Å². The van der Waals surface area contributed by atoms with Crippen molar-refractivity contribution < 1.29 is 38.6 Å². The van der Waals surface area contributed by atoms with Crippen LogP contribution < -0.4 is 20.1 Å². The Balaban J connectivity index is 1.80. The second-order valence-electron chi connectivity index (χ2n) is 11.4. The van der Waals surface area contributed by atoms with E-state index in [4.69, 9.17) is 18.9 Å². The predicted octanol–water partition coefficient (Wildman–Crippen LogP) is 2.90. The van der Waals surface area contributed by atoms with Gasteiger partial charge in [0.25, 0.3) is 5.69 Å². The van der Waals surface area contributed by atoms with E-state index in [-0.39, 0.29) is 36.5 Å². The van der Waals surface area contributed by atoms with E-state index < -0.39 is 34.4 Å². The zero-order valence-corrected chi connectivity index (χ0v) is 26.7. The fourth-order valence-electron chi connectivity index (χ4n) is 5.34. The van der Waals surface area contributed by atoms with Crippen LogP contribution in [0.1, 0.15) is 32.3 Å². The molecule has 2 unspecified atom stereocenters. The summed E-state index contributed by atoms with van der Waals surface area (Å²) in [6.07, 6.45) is -0.798. The van der Waals surface area contributed by atoms with Crippen LogP contribution in [0.5, 0.6) is 11.5 Å². The van der Waals surface area contributed by atoms with Crippen LogP contribution in [-0.2, 0) is 19.1 Å². The van der Waals surface area contributed by atoms with Crippen molar-refractivity contribution in [1.82, 2.24) is 15.5 Å². The van der Waals surface area contributed by atoms with Crippen molar-refractivity contribution in [2.75, 3.05) is 54.6 Å². The third-order valence-electron chi connectivity index (χ3n) is 7.28. The number of allylic oxidation sites excluding steroid dienone is 1. The fourth-order valence-corrected chi connectivity index (χ4v) is 5.34. The summed E-state index contributed by atoms with van der Waals surface area (Å²) in [6, 6.07) is 13.0. The first kappa shape index (κ1) is 35.0. The summed E-state index contributed by atoms with van der Waals surface area (Å²) in [4.78, 5) is 39.2. The zero-order valence-electron chi connectivity index (χ0n) is 26.7. The Bertz CT molecular complexity index is 1450. The van der Waals surface area contributed by atoms with Gasteiger partial charge in [0.05, 0.1) is 43.3 Å². The number of hydrogen-bond donors (Lipinski definition) is 3. The first-order chi connectivity index (χ1) is 21.3. The first-order valence-electron chi connectivity index (χ1n) is 14.3. The molecule has 2 atom stereocenters. The molecule has 2 aromatic carbocycles. The van der Waals surface area contributed by atoms with Gasteiger partial charge in [-0.2, -0.15) is 0 Å². The van der Waals surface area contributed by atoms with Crippen LogP contribution in [-0.4, -0.2) is 93.1 Å². The number of β-amino-alcohol motifs (C(OH)–C–C–N with tert-alkyl or cyclic N) is 1. The summed E-state index contributed by atoms with van der Waals surface area (Å²) >= 11 is 0. The van der Waals surface area contributed by atoms with E-state index in [1.54, 1.807) is 32.2 Å². The molecule has 0 spiro atoms. The van der Waals surface area contributed by atoms with Gasteiger partial charge in [-0.05, 0) is 45.5 Å². The highest BCUT2D eigenvalue weighted by Gasteiger charge is 2.39. The van der Waals surface area contributed by atoms with Crippen molar-refractivity contribution in [1.29, 1.82) is 0 Å². The summed E-state index contributed by atoms with van der Waals surface area (Å²) in [6.45, 7) is 6.69. The topological polar surface area (TPSA) is 162 Å². The Morgan fingerprint density at radius 2 is 1.71 bits per heavy atom. The average molecular weight is 627 g/mol. The number of ether oxygens (including phenoxy) is 4. The van der Waals surface area contributed by atoms with Gasteiger partial charge in [0.15, 0.2) is 11.5 Å². The van der Waals surface area contributed by atoms with Gasteiger partial charge in [-0.25, -0.2) is 9.59 Å². The molecule has 244 valence electrons. The average Bonchev–Trinajstić information content (AvgIpc) is 3.01. The van der Waals surface area contributed by atoms with E-state index in [2.05, 4.69) is 10.6 Å². The number of rotatable bonds is 15. The van der Waals surface area contributed by atoms with E-state index in [1.165, 1.54) is 32.4 Å². The van der Waals surface area contributed by atoms with Crippen LogP contribution in [0.15, 0.2) is 71.1 Å². The lowest BCUT2D eigenvalue weighted by Crippen LogP contribution is -2.51. The van der Waals surface area contributed by atoms with Crippen molar-refractivity contribution in [2.24, 2.45) is 0 Å². The number of carbonyl (C=O) groups is 2. The lowest BCUT2D eigenvalue weighted by molar-refractivity contribution is -0.384. The molecule has 13 heteroatoms. The maximum absolute atomic E-state index is 13.3. The monoisotopic (exact) mass is 626 g/mol. The maximum atomic E-state index is 13.3. The van der Waals surface area contributed by atoms with E-state index in [1.807, 2.05) is 37.9 Å². The van der Waals surface area contributed by atoms with Crippen molar-refractivity contribution in [2.45, 2.75) is 38.3 Å². The molecule has 3 N–H and O–H groups in total. The minimum atomic E-state index is -0.973. The summed E-state index contributed by atoms with van der Waals surface area (Å²) in [7, 11) is 5.88. The minimum absolute atomic E-state index is 0.0613. The number of dihydropyridines is 1. The number of non-ortho nitro benzene ring substituents is 1.